The third-order valence-corrected chi connectivity index (χ3v) is 9.06. The summed E-state index contributed by atoms with van der Waals surface area (Å²) in [7, 11) is -4.09. The fourth-order valence-corrected chi connectivity index (χ4v) is 6.45. The first kappa shape index (κ1) is 29.6. The molecule has 3 aromatic carbocycles. The Balaban J connectivity index is 1.65. The first-order valence-corrected chi connectivity index (χ1v) is 14.9. The van der Waals surface area contributed by atoms with Gasteiger partial charge >= 0.3 is 0 Å². The van der Waals surface area contributed by atoms with Crippen LogP contribution in [0.3, 0.4) is 0 Å². The Bertz CT molecular complexity index is 1530. The molecule has 1 N–H and O–H groups in total. The van der Waals surface area contributed by atoms with Crippen LogP contribution < -0.4 is 5.32 Å². The topological polar surface area (TPSA) is 104 Å². The van der Waals surface area contributed by atoms with Gasteiger partial charge in [-0.2, -0.15) is 0 Å². The molecule has 0 aromatic heterocycles. The molecule has 4 rings (SSSR count). The van der Waals surface area contributed by atoms with E-state index in [1.54, 1.807) is 30.3 Å². The second-order valence-corrected chi connectivity index (χ2v) is 12.4. The fraction of sp³-hybridized carbons (Fsp3) is 0.276. The van der Waals surface area contributed by atoms with Gasteiger partial charge in [-0.1, -0.05) is 71.7 Å². The summed E-state index contributed by atoms with van der Waals surface area (Å²) in [6.07, 6.45) is -0.0978. The minimum Gasteiger partial charge on any atom is -0.352 e. The lowest BCUT2D eigenvalue weighted by Gasteiger charge is -2.32. The van der Waals surface area contributed by atoms with Crippen molar-refractivity contribution in [1.29, 1.82) is 0 Å². The first-order valence-electron chi connectivity index (χ1n) is 12.7. The monoisotopic (exact) mass is 601 g/mol. The van der Waals surface area contributed by atoms with Crippen LogP contribution in [0.25, 0.3) is 0 Å². The van der Waals surface area contributed by atoms with Crippen molar-refractivity contribution in [2.45, 2.75) is 50.2 Å². The van der Waals surface area contributed by atoms with Gasteiger partial charge in [0, 0.05) is 32.0 Å². The van der Waals surface area contributed by atoms with Crippen molar-refractivity contribution in [3.8, 4) is 0 Å². The SMILES string of the molecule is CC(C)NC(=O)[C@@H](Cc1ccccc1)N(Cc1ccc(Cl)c(Cl)c1)C(=O)CCN1C(=O)c2ccccc2S1(=O)=O. The molecule has 0 radical (unpaired) electrons. The normalized spacial score (nSPS) is 14.6. The van der Waals surface area contributed by atoms with E-state index in [1.165, 1.54) is 17.0 Å². The molecule has 1 heterocycles. The predicted molar refractivity (Wildman–Crippen MR) is 154 cm³/mol. The number of sulfonamides is 1. The second kappa shape index (κ2) is 12.4. The zero-order valence-electron chi connectivity index (χ0n) is 22.0. The molecule has 3 amide bonds. The van der Waals surface area contributed by atoms with Gasteiger partial charge in [0.05, 0.1) is 15.6 Å². The molecule has 1 aliphatic heterocycles. The molecule has 0 aliphatic carbocycles. The zero-order valence-corrected chi connectivity index (χ0v) is 24.3. The van der Waals surface area contributed by atoms with Crippen LogP contribution in [0.4, 0.5) is 0 Å². The maximum atomic E-state index is 13.8. The number of fused-ring (bicyclic) bond motifs is 1. The van der Waals surface area contributed by atoms with Crippen LogP contribution in [0.5, 0.6) is 0 Å². The van der Waals surface area contributed by atoms with Crippen LogP contribution in [0.15, 0.2) is 77.7 Å². The summed E-state index contributed by atoms with van der Waals surface area (Å²) in [6.45, 7) is 3.30. The van der Waals surface area contributed by atoms with Crippen molar-refractivity contribution in [1.82, 2.24) is 14.5 Å². The third kappa shape index (κ3) is 6.49. The largest absolute Gasteiger partial charge is 0.352 e. The summed E-state index contributed by atoms with van der Waals surface area (Å²) in [5.74, 6) is -1.53. The Morgan fingerprint density at radius 2 is 1.60 bits per heavy atom. The third-order valence-electron chi connectivity index (χ3n) is 6.48. The number of carbonyl (C=O) groups is 3. The van der Waals surface area contributed by atoms with Crippen LogP contribution in [0.2, 0.25) is 10.0 Å². The molecule has 8 nitrogen and oxygen atoms in total. The van der Waals surface area contributed by atoms with Gasteiger partial charge in [-0.15, -0.1) is 0 Å². The first-order chi connectivity index (χ1) is 19.0. The van der Waals surface area contributed by atoms with Crippen molar-refractivity contribution >= 4 is 50.9 Å². The Kier molecular flexibility index (Phi) is 9.18. The van der Waals surface area contributed by atoms with Crippen LogP contribution >= 0.6 is 23.2 Å². The number of benzene rings is 3. The van der Waals surface area contributed by atoms with Gasteiger partial charge in [0.2, 0.25) is 11.8 Å². The van der Waals surface area contributed by atoms with Gasteiger partial charge in [-0.3, -0.25) is 14.4 Å². The molecule has 210 valence electrons. The van der Waals surface area contributed by atoms with Crippen molar-refractivity contribution in [3.63, 3.8) is 0 Å². The highest BCUT2D eigenvalue weighted by Gasteiger charge is 2.41. The number of carbonyl (C=O) groups excluding carboxylic acids is 3. The van der Waals surface area contributed by atoms with Gasteiger partial charge in [0.25, 0.3) is 15.9 Å². The van der Waals surface area contributed by atoms with Gasteiger partial charge < -0.3 is 10.2 Å². The zero-order chi connectivity index (χ0) is 29.0. The standard InChI is InChI=1S/C29H29Cl2N3O5S/c1-19(2)32-28(36)25(17-20-8-4-3-5-9-20)33(18-21-12-13-23(30)24(31)16-21)27(35)14-15-34-29(37)22-10-6-7-11-26(22)40(34,38)39/h3-13,16,19,25H,14-15,17-18H2,1-2H3,(H,32,36)/t25-/m1/s1. The summed E-state index contributed by atoms with van der Waals surface area (Å²) in [5, 5.41) is 3.54. The molecule has 0 bridgehead atoms. The van der Waals surface area contributed by atoms with E-state index >= 15 is 0 Å². The number of hydrogen-bond acceptors (Lipinski definition) is 5. The minimum atomic E-state index is -4.09. The lowest BCUT2D eigenvalue weighted by molar-refractivity contribution is -0.141. The minimum absolute atomic E-state index is 0.0136. The molecule has 0 fully saturated rings. The molecule has 0 spiro atoms. The quantitative estimate of drug-likeness (QED) is 0.363. The van der Waals surface area contributed by atoms with Gasteiger partial charge in [0.15, 0.2) is 0 Å². The van der Waals surface area contributed by atoms with Gasteiger partial charge in [0.1, 0.15) is 10.9 Å². The summed E-state index contributed by atoms with van der Waals surface area (Å²) in [4.78, 5) is 41.5. The molecular weight excluding hydrogens is 573 g/mol. The smallest absolute Gasteiger partial charge is 0.269 e. The Labute approximate surface area is 243 Å². The number of rotatable bonds is 10. The Morgan fingerprint density at radius 1 is 0.925 bits per heavy atom. The summed E-state index contributed by atoms with van der Waals surface area (Å²) in [6, 6.07) is 19.1. The molecular formula is C29H29Cl2N3O5S. The number of nitrogens with one attached hydrogen (secondary N) is 1. The van der Waals surface area contributed by atoms with E-state index in [0.717, 1.165) is 5.56 Å². The lowest BCUT2D eigenvalue weighted by atomic mass is 10.0. The van der Waals surface area contributed by atoms with Crippen molar-refractivity contribution in [3.05, 3.63) is 99.5 Å². The summed E-state index contributed by atoms with van der Waals surface area (Å²) < 4.78 is 26.8. The van der Waals surface area contributed by atoms with Crippen molar-refractivity contribution < 1.29 is 22.8 Å². The Hall–Kier alpha value is -3.40. The average molecular weight is 603 g/mol. The van der Waals surface area contributed by atoms with Crippen LogP contribution in [-0.2, 0) is 32.6 Å². The highest BCUT2D eigenvalue weighted by Crippen LogP contribution is 2.30. The maximum Gasteiger partial charge on any atom is 0.269 e. The van der Waals surface area contributed by atoms with E-state index in [4.69, 9.17) is 23.2 Å². The molecule has 0 saturated heterocycles. The number of nitrogens with zero attached hydrogens (tertiary/aromatic N) is 2. The molecule has 40 heavy (non-hydrogen) atoms. The highest BCUT2D eigenvalue weighted by molar-refractivity contribution is 7.90. The predicted octanol–water partition coefficient (Wildman–Crippen LogP) is 4.69. The second-order valence-electron chi connectivity index (χ2n) is 9.77. The van der Waals surface area contributed by atoms with E-state index in [-0.39, 0.29) is 48.3 Å². The van der Waals surface area contributed by atoms with E-state index in [2.05, 4.69) is 5.32 Å². The highest BCUT2D eigenvalue weighted by atomic mass is 35.5. The van der Waals surface area contributed by atoms with Crippen LogP contribution in [-0.4, -0.2) is 54.0 Å². The van der Waals surface area contributed by atoms with Gasteiger partial charge in [-0.25, -0.2) is 12.7 Å². The average Bonchev–Trinajstić information content (AvgIpc) is 3.11. The lowest BCUT2D eigenvalue weighted by Crippen LogP contribution is -2.52. The Morgan fingerprint density at radius 3 is 2.25 bits per heavy atom. The molecule has 1 aliphatic rings. The molecule has 0 unspecified atom stereocenters. The summed E-state index contributed by atoms with van der Waals surface area (Å²) >= 11 is 12.3. The van der Waals surface area contributed by atoms with Crippen LogP contribution in [0.1, 0.15) is 41.8 Å². The van der Waals surface area contributed by atoms with Crippen molar-refractivity contribution in [2.24, 2.45) is 0 Å². The number of halogens is 2. The van der Waals surface area contributed by atoms with Crippen molar-refractivity contribution in [2.75, 3.05) is 6.54 Å². The number of hydrogen-bond donors (Lipinski definition) is 1. The van der Waals surface area contributed by atoms with E-state index < -0.39 is 27.9 Å². The maximum absolute atomic E-state index is 13.8. The van der Waals surface area contributed by atoms with E-state index in [0.29, 0.717) is 19.9 Å². The summed E-state index contributed by atoms with van der Waals surface area (Å²) in [5.41, 5.74) is 1.54. The number of amides is 3. The molecule has 11 heteroatoms. The molecule has 0 saturated carbocycles. The van der Waals surface area contributed by atoms with Gasteiger partial charge in [-0.05, 0) is 49.2 Å². The van der Waals surface area contributed by atoms with E-state index in [9.17, 15) is 22.8 Å². The fourth-order valence-electron chi connectivity index (χ4n) is 4.56. The molecule has 3 aromatic rings. The van der Waals surface area contributed by atoms with E-state index in [1.807, 2.05) is 44.2 Å². The van der Waals surface area contributed by atoms with Crippen LogP contribution in [0, 0.1) is 0 Å². The molecule has 1 atom stereocenters.